The fourth-order valence-corrected chi connectivity index (χ4v) is 6.61. The molecule has 2 aromatic carbocycles. The second kappa shape index (κ2) is 13.3. The van der Waals surface area contributed by atoms with Crippen LogP contribution in [0.4, 0.5) is 10.7 Å². The Balaban J connectivity index is 1.61. The molecule has 0 aliphatic carbocycles. The number of esters is 1. The van der Waals surface area contributed by atoms with Gasteiger partial charge in [-0.15, -0.1) is 23.1 Å². The zero-order valence-corrected chi connectivity index (χ0v) is 23.8. The molecule has 3 amide bonds. The minimum absolute atomic E-state index is 0.0638. The molecule has 3 N–H and O–H groups in total. The molecule has 1 atom stereocenters. The van der Waals surface area contributed by atoms with Crippen molar-refractivity contribution in [2.24, 2.45) is 0 Å². The Morgan fingerprint density at radius 2 is 1.80 bits per heavy atom. The number of thiophene rings is 1. The normalized spacial score (nSPS) is 13.3. The Bertz CT molecular complexity index is 1520. The summed E-state index contributed by atoms with van der Waals surface area (Å²) in [6.45, 7) is 2.32. The maximum atomic E-state index is 13.8. The van der Waals surface area contributed by atoms with Gasteiger partial charge in [0.05, 0.1) is 19.2 Å². The molecule has 0 fully saturated rings. The molecule has 12 heteroatoms. The minimum Gasteiger partial charge on any atom is -0.478 e. The molecule has 3 aromatic rings. The van der Waals surface area contributed by atoms with Crippen molar-refractivity contribution < 1.29 is 33.8 Å². The standard InChI is InChI=1S/C29H27N3O7S2/c1-17(33)32-14-13-21-22(16-32)41-28(25(21)29(38)39-2)31-27(37)26(18-7-4-3-5-8-18)40-20-10-6-9-19(15-20)30-23(34)11-12-24(35)36/h3-12,15,26H,13-14,16H2,1-2H3,(H,30,34)(H,31,37)(H,35,36)/b12-11+. The van der Waals surface area contributed by atoms with Crippen LogP contribution in [0, 0.1) is 0 Å². The van der Waals surface area contributed by atoms with E-state index in [4.69, 9.17) is 9.84 Å². The molecule has 0 bridgehead atoms. The molecule has 1 aliphatic heterocycles. The summed E-state index contributed by atoms with van der Waals surface area (Å²) in [5.41, 5.74) is 2.23. The fraction of sp³-hybridized carbons (Fsp3) is 0.207. The second-order valence-corrected chi connectivity index (χ2v) is 11.3. The van der Waals surface area contributed by atoms with Gasteiger partial charge >= 0.3 is 11.9 Å². The van der Waals surface area contributed by atoms with E-state index in [1.807, 2.05) is 30.3 Å². The number of nitrogens with zero attached hydrogens (tertiary/aromatic N) is 1. The third-order valence-electron chi connectivity index (χ3n) is 6.20. The molecule has 1 aromatic heterocycles. The monoisotopic (exact) mass is 593 g/mol. The third-order valence-corrected chi connectivity index (χ3v) is 8.58. The van der Waals surface area contributed by atoms with Gasteiger partial charge in [-0.25, -0.2) is 9.59 Å². The Morgan fingerprint density at radius 3 is 2.49 bits per heavy atom. The first-order valence-corrected chi connectivity index (χ1v) is 14.2. The molecule has 0 saturated heterocycles. The van der Waals surface area contributed by atoms with Gasteiger partial charge in [0.2, 0.25) is 17.7 Å². The average Bonchev–Trinajstić information content (AvgIpc) is 3.31. The van der Waals surface area contributed by atoms with E-state index in [0.717, 1.165) is 28.2 Å². The number of benzene rings is 2. The summed E-state index contributed by atoms with van der Waals surface area (Å²) in [5, 5.41) is 13.9. The van der Waals surface area contributed by atoms with Crippen LogP contribution in [-0.2, 0) is 36.9 Å². The molecule has 0 spiro atoms. The predicted molar refractivity (Wildman–Crippen MR) is 156 cm³/mol. The number of carbonyl (C=O) groups is 5. The zero-order chi connectivity index (χ0) is 29.5. The number of anilines is 2. The topological polar surface area (TPSA) is 142 Å². The van der Waals surface area contributed by atoms with E-state index in [1.165, 1.54) is 37.1 Å². The van der Waals surface area contributed by atoms with Gasteiger partial charge in [-0.1, -0.05) is 36.4 Å². The summed E-state index contributed by atoms with van der Waals surface area (Å²) >= 11 is 2.51. The van der Waals surface area contributed by atoms with Crippen LogP contribution in [0.1, 0.15) is 38.5 Å². The highest BCUT2D eigenvalue weighted by Gasteiger charge is 2.31. The number of ether oxygens (including phenoxy) is 1. The van der Waals surface area contributed by atoms with Crippen molar-refractivity contribution in [2.45, 2.75) is 30.0 Å². The lowest BCUT2D eigenvalue weighted by Gasteiger charge is -2.25. The van der Waals surface area contributed by atoms with Crippen molar-refractivity contribution in [3.63, 3.8) is 0 Å². The number of hydrogen-bond acceptors (Lipinski definition) is 8. The molecule has 2 heterocycles. The van der Waals surface area contributed by atoms with Crippen molar-refractivity contribution in [2.75, 3.05) is 24.3 Å². The van der Waals surface area contributed by atoms with Crippen LogP contribution in [-0.4, -0.2) is 53.3 Å². The first-order valence-electron chi connectivity index (χ1n) is 12.5. The van der Waals surface area contributed by atoms with Gasteiger partial charge in [0, 0.05) is 41.1 Å². The molecule has 0 saturated carbocycles. The number of carboxylic acids is 1. The van der Waals surface area contributed by atoms with Gasteiger partial charge in [0.1, 0.15) is 10.3 Å². The van der Waals surface area contributed by atoms with Gasteiger partial charge in [-0.3, -0.25) is 14.4 Å². The number of nitrogens with one attached hydrogen (secondary N) is 2. The summed E-state index contributed by atoms with van der Waals surface area (Å²) < 4.78 is 5.03. The molecule has 41 heavy (non-hydrogen) atoms. The number of rotatable bonds is 9. The van der Waals surface area contributed by atoms with Gasteiger partial charge in [0.15, 0.2) is 0 Å². The number of aliphatic carboxylic acids is 1. The molecule has 4 rings (SSSR count). The Morgan fingerprint density at radius 1 is 1.05 bits per heavy atom. The highest BCUT2D eigenvalue weighted by Crippen LogP contribution is 2.41. The van der Waals surface area contributed by atoms with Crippen LogP contribution in [0.3, 0.4) is 0 Å². The smallest absolute Gasteiger partial charge is 0.341 e. The number of thioether (sulfide) groups is 1. The SMILES string of the molecule is COC(=O)c1c(NC(=O)C(Sc2cccc(NC(=O)/C=C/C(=O)O)c2)c2ccccc2)sc2c1CCN(C(C)=O)C2. The van der Waals surface area contributed by atoms with Gasteiger partial charge < -0.3 is 25.4 Å². The van der Waals surface area contributed by atoms with Crippen molar-refractivity contribution in [3.8, 4) is 0 Å². The van der Waals surface area contributed by atoms with Crippen LogP contribution in [0.25, 0.3) is 0 Å². The van der Waals surface area contributed by atoms with E-state index < -0.39 is 23.1 Å². The Labute approximate surface area is 244 Å². The lowest BCUT2D eigenvalue weighted by molar-refractivity contribution is -0.132. The largest absolute Gasteiger partial charge is 0.478 e. The first kappa shape index (κ1) is 29.6. The molecule has 1 aliphatic rings. The Kier molecular flexibility index (Phi) is 9.58. The van der Waals surface area contributed by atoms with Crippen LogP contribution in [0.2, 0.25) is 0 Å². The molecule has 0 radical (unpaired) electrons. The summed E-state index contributed by atoms with van der Waals surface area (Å²) in [5.74, 6) is -2.83. The highest BCUT2D eigenvalue weighted by molar-refractivity contribution is 8.00. The average molecular weight is 594 g/mol. The van der Waals surface area contributed by atoms with Crippen molar-refractivity contribution in [1.82, 2.24) is 4.90 Å². The summed E-state index contributed by atoms with van der Waals surface area (Å²) in [6.07, 6.45) is 2.13. The summed E-state index contributed by atoms with van der Waals surface area (Å²) in [4.78, 5) is 64.4. The van der Waals surface area contributed by atoms with E-state index in [0.29, 0.717) is 40.7 Å². The highest BCUT2D eigenvalue weighted by atomic mass is 32.2. The molecular weight excluding hydrogens is 566 g/mol. The minimum atomic E-state index is -1.24. The van der Waals surface area contributed by atoms with Crippen LogP contribution >= 0.6 is 23.1 Å². The third kappa shape index (κ3) is 7.41. The van der Waals surface area contributed by atoms with Crippen LogP contribution in [0.5, 0.6) is 0 Å². The van der Waals surface area contributed by atoms with Crippen molar-refractivity contribution >= 4 is 63.4 Å². The lowest BCUT2D eigenvalue weighted by Crippen LogP contribution is -2.33. The molecular formula is C29H27N3O7S2. The molecule has 10 nitrogen and oxygen atoms in total. The van der Waals surface area contributed by atoms with Gasteiger partial charge in [-0.05, 0) is 35.7 Å². The molecule has 212 valence electrons. The van der Waals surface area contributed by atoms with E-state index in [1.54, 1.807) is 29.2 Å². The number of methoxy groups -OCH3 is 1. The van der Waals surface area contributed by atoms with E-state index >= 15 is 0 Å². The van der Waals surface area contributed by atoms with Gasteiger partial charge in [0.25, 0.3) is 0 Å². The summed E-state index contributed by atoms with van der Waals surface area (Å²) in [7, 11) is 1.29. The van der Waals surface area contributed by atoms with E-state index in [-0.39, 0.29) is 11.8 Å². The number of carboxylic acid groups (broad SMARTS) is 1. The number of amides is 3. The van der Waals surface area contributed by atoms with Crippen LogP contribution < -0.4 is 10.6 Å². The summed E-state index contributed by atoms with van der Waals surface area (Å²) in [6, 6.07) is 16.0. The lowest BCUT2D eigenvalue weighted by atomic mass is 10.0. The predicted octanol–water partition coefficient (Wildman–Crippen LogP) is 4.49. The number of hydrogen-bond donors (Lipinski definition) is 3. The second-order valence-electron chi connectivity index (χ2n) is 8.98. The quantitative estimate of drug-likeness (QED) is 0.187. The van der Waals surface area contributed by atoms with Crippen molar-refractivity contribution in [3.05, 3.63) is 88.3 Å². The van der Waals surface area contributed by atoms with E-state index in [9.17, 15) is 24.0 Å². The fourth-order valence-electron chi connectivity index (χ4n) is 4.27. The van der Waals surface area contributed by atoms with E-state index in [2.05, 4.69) is 10.6 Å². The number of carbonyl (C=O) groups excluding carboxylic acids is 4. The maximum Gasteiger partial charge on any atom is 0.341 e. The van der Waals surface area contributed by atoms with Crippen molar-refractivity contribution in [1.29, 1.82) is 0 Å². The van der Waals surface area contributed by atoms with Gasteiger partial charge in [-0.2, -0.15) is 0 Å². The van der Waals surface area contributed by atoms with Crippen LogP contribution in [0.15, 0.2) is 71.6 Å². The number of fused-ring (bicyclic) bond motifs is 1. The first-order chi connectivity index (χ1) is 19.7. The molecule has 1 unspecified atom stereocenters. The Hall–Kier alpha value is -4.42. The zero-order valence-electron chi connectivity index (χ0n) is 22.2. The maximum absolute atomic E-state index is 13.8.